The van der Waals surface area contributed by atoms with E-state index in [9.17, 15) is 13.2 Å². The Balaban J connectivity index is 1.76. The van der Waals surface area contributed by atoms with Crippen LogP contribution in [0.15, 0.2) is 47.1 Å². The predicted molar refractivity (Wildman–Crippen MR) is 103 cm³/mol. The third kappa shape index (κ3) is 4.81. The molecule has 0 bridgehead atoms. The minimum atomic E-state index is -3.53. The second-order valence-electron chi connectivity index (χ2n) is 6.16. The molecule has 0 unspecified atom stereocenters. The van der Waals surface area contributed by atoms with Crippen molar-refractivity contribution in [3.8, 4) is 0 Å². The first-order valence-corrected chi connectivity index (χ1v) is 10.5. The normalized spacial score (nSPS) is 14.8. The van der Waals surface area contributed by atoms with Gasteiger partial charge in [0.05, 0.1) is 43.7 Å². The molecule has 1 aromatic heterocycles. The molecule has 0 spiro atoms. The number of furan rings is 1. The summed E-state index contributed by atoms with van der Waals surface area (Å²) in [5, 5.41) is 2.68. The molecular weight excluding hydrogens is 370 g/mol. The molecule has 1 saturated heterocycles. The van der Waals surface area contributed by atoms with E-state index in [1.165, 1.54) is 10.6 Å². The van der Waals surface area contributed by atoms with Crippen LogP contribution in [0, 0.1) is 0 Å². The Hall–Kier alpha value is -2.52. The number of carbonyl (C=O) groups is 1. The van der Waals surface area contributed by atoms with Gasteiger partial charge in [-0.25, -0.2) is 8.42 Å². The van der Waals surface area contributed by atoms with Crippen molar-refractivity contribution in [1.29, 1.82) is 0 Å². The molecule has 1 fully saturated rings. The first-order chi connectivity index (χ1) is 13.0. The van der Waals surface area contributed by atoms with Gasteiger partial charge in [-0.05, 0) is 24.3 Å². The maximum absolute atomic E-state index is 12.4. The molecule has 27 heavy (non-hydrogen) atoms. The molecule has 146 valence electrons. The molecule has 1 aliphatic heterocycles. The molecule has 0 aliphatic carbocycles. The summed E-state index contributed by atoms with van der Waals surface area (Å²) >= 11 is 0. The van der Waals surface area contributed by atoms with Gasteiger partial charge in [0.15, 0.2) is 5.76 Å². The van der Waals surface area contributed by atoms with Crippen molar-refractivity contribution in [3.05, 3.63) is 48.4 Å². The van der Waals surface area contributed by atoms with Gasteiger partial charge >= 0.3 is 0 Å². The number of ether oxygens (including phenoxy) is 1. The highest BCUT2D eigenvalue weighted by Gasteiger charge is 2.23. The molecule has 1 N–H and O–H groups in total. The molecule has 3 rings (SSSR count). The number of para-hydroxylation sites is 2. The molecule has 0 atom stereocenters. The Morgan fingerprint density at radius 3 is 2.59 bits per heavy atom. The molecular formula is C18H23N3O5S. The van der Waals surface area contributed by atoms with E-state index in [2.05, 4.69) is 10.2 Å². The zero-order valence-electron chi connectivity index (χ0n) is 15.1. The number of morpholine rings is 1. The maximum Gasteiger partial charge on any atom is 0.287 e. The number of carbonyl (C=O) groups excluding carboxylic acids is 1. The summed E-state index contributed by atoms with van der Waals surface area (Å²) < 4.78 is 36.6. The highest BCUT2D eigenvalue weighted by atomic mass is 32.2. The zero-order valence-corrected chi connectivity index (χ0v) is 15.9. The van der Waals surface area contributed by atoms with Crippen molar-refractivity contribution in [2.24, 2.45) is 0 Å². The summed E-state index contributed by atoms with van der Waals surface area (Å²) in [6, 6.07) is 10.5. The van der Waals surface area contributed by atoms with Crippen molar-refractivity contribution >= 4 is 27.3 Å². The molecule has 9 heteroatoms. The van der Waals surface area contributed by atoms with Crippen LogP contribution in [-0.4, -0.2) is 60.0 Å². The van der Waals surface area contributed by atoms with Gasteiger partial charge in [-0.1, -0.05) is 12.1 Å². The summed E-state index contributed by atoms with van der Waals surface area (Å²) in [6.07, 6.45) is 2.58. The van der Waals surface area contributed by atoms with Gasteiger partial charge in [-0.15, -0.1) is 0 Å². The topological polar surface area (TPSA) is 92.1 Å². The molecule has 8 nitrogen and oxygen atoms in total. The van der Waals surface area contributed by atoms with Crippen LogP contribution < -0.4 is 14.5 Å². The van der Waals surface area contributed by atoms with Crippen LogP contribution in [-0.2, 0) is 14.8 Å². The van der Waals surface area contributed by atoms with Gasteiger partial charge in [0.25, 0.3) is 5.91 Å². The highest BCUT2D eigenvalue weighted by Crippen LogP contribution is 2.31. The number of nitrogens with one attached hydrogen (secondary N) is 1. The van der Waals surface area contributed by atoms with Crippen molar-refractivity contribution in [1.82, 2.24) is 5.32 Å². The number of sulfonamides is 1. The SMILES string of the molecule is CS(=O)(=O)N(CCNC(=O)c1ccco1)c1ccccc1N1CCOCC1. The molecule has 1 aliphatic rings. The number of hydrogen-bond acceptors (Lipinski definition) is 6. The molecule has 2 aromatic rings. The van der Waals surface area contributed by atoms with Crippen molar-refractivity contribution < 1.29 is 22.4 Å². The minimum absolute atomic E-state index is 0.118. The molecule has 0 radical (unpaired) electrons. The fourth-order valence-corrected chi connectivity index (χ4v) is 3.91. The number of amides is 1. The van der Waals surface area contributed by atoms with Crippen molar-refractivity contribution in [2.75, 3.05) is 54.9 Å². The quantitative estimate of drug-likeness (QED) is 0.763. The largest absolute Gasteiger partial charge is 0.459 e. The first kappa shape index (κ1) is 19.2. The van der Waals surface area contributed by atoms with Gasteiger partial charge in [0, 0.05) is 19.6 Å². The predicted octanol–water partition coefficient (Wildman–Crippen LogP) is 1.31. The van der Waals surface area contributed by atoms with E-state index in [4.69, 9.17) is 9.15 Å². The molecule has 0 saturated carbocycles. The van der Waals surface area contributed by atoms with Gasteiger partial charge in [0.1, 0.15) is 0 Å². The molecule has 1 amide bonds. The number of hydrogen-bond donors (Lipinski definition) is 1. The Bertz CT molecular complexity index is 861. The average Bonchev–Trinajstić information content (AvgIpc) is 3.20. The van der Waals surface area contributed by atoms with Crippen LogP contribution in [0.4, 0.5) is 11.4 Å². The van der Waals surface area contributed by atoms with Crippen LogP contribution in [0.5, 0.6) is 0 Å². The monoisotopic (exact) mass is 393 g/mol. The number of rotatable bonds is 7. The van der Waals surface area contributed by atoms with Gasteiger partial charge in [-0.3, -0.25) is 9.10 Å². The van der Waals surface area contributed by atoms with Crippen LogP contribution in [0.2, 0.25) is 0 Å². The summed E-state index contributed by atoms with van der Waals surface area (Å²) in [6.45, 7) is 2.88. The number of anilines is 2. The summed E-state index contributed by atoms with van der Waals surface area (Å²) in [5.74, 6) is -0.190. The van der Waals surface area contributed by atoms with Crippen molar-refractivity contribution in [3.63, 3.8) is 0 Å². The molecule has 2 heterocycles. The summed E-state index contributed by atoms with van der Waals surface area (Å²) in [7, 11) is -3.53. The van der Waals surface area contributed by atoms with Crippen LogP contribution in [0.3, 0.4) is 0 Å². The van der Waals surface area contributed by atoms with E-state index in [1.54, 1.807) is 24.3 Å². The van der Waals surface area contributed by atoms with E-state index < -0.39 is 10.0 Å². The average molecular weight is 393 g/mol. The Morgan fingerprint density at radius 1 is 1.19 bits per heavy atom. The number of benzene rings is 1. The highest BCUT2D eigenvalue weighted by molar-refractivity contribution is 7.92. The van der Waals surface area contributed by atoms with Gasteiger partial charge in [0.2, 0.25) is 10.0 Å². The lowest BCUT2D eigenvalue weighted by atomic mass is 10.2. The lowest BCUT2D eigenvalue weighted by molar-refractivity contribution is 0.0927. The number of nitrogens with zero attached hydrogens (tertiary/aromatic N) is 2. The van der Waals surface area contributed by atoms with E-state index in [0.717, 1.165) is 11.9 Å². The lowest BCUT2D eigenvalue weighted by Crippen LogP contribution is -2.41. The smallest absolute Gasteiger partial charge is 0.287 e. The van der Waals surface area contributed by atoms with Crippen molar-refractivity contribution in [2.45, 2.75) is 0 Å². The fourth-order valence-electron chi connectivity index (χ4n) is 2.98. The second-order valence-corrected chi connectivity index (χ2v) is 8.06. The van der Waals surface area contributed by atoms with Crippen LogP contribution in [0.1, 0.15) is 10.6 Å². The minimum Gasteiger partial charge on any atom is -0.459 e. The zero-order chi connectivity index (χ0) is 19.3. The van der Waals surface area contributed by atoms with E-state index in [1.807, 2.05) is 12.1 Å². The molecule has 1 aromatic carbocycles. The first-order valence-electron chi connectivity index (χ1n) is 8.68. The van der Waals surface area contributed by atoms with Crippen LogP contribution in [0.25, 0.3) is 0 Å². The van der Waals surface area contributed by atoms with Crippen LogP contribution >= 0.6 is 0 Å². The fraction of sp³-hybridized carbons (Fsp3) is 0.389. The Kier molecular flexibility index (Phi) is 6.02. The summed E-state index contributed by atoms with van der Waals surface area (Å²) in [5.41, 5.74) is 1.43. The Labute approximate surface area is 158 Å². The lowest BCUT2D eigenvalue weighted by Gasteiger charge is -2.33. The maximum atomic E-state index is 12.4. The van der Waals surface area contributed by atoms with E-state index >= 15 is 0 Å². The standard InChI is InChI=1S/C18H23N3O5S/c1-27(23,24)21(9-8-19-18(22)17-7-4-12-26-17)16-6-3-2-5-15(16)20-10-13-25-14-11-20/h2-7,12H,8-11,13-14H2,1H3,(H,19,22). The van der Waals surface area contributed by atoms with Gasteiger partial charge in [-0.2, -0.15) is 0 Å². The third-order valence-electron chi connectivity index (χ3n) is 4.25. The third-order valence-corrected chi connectivity index (χ3v) is 5.43. The Morgan fingerprint density at radius 2 is 1.93 bits per heavy atom. The van der Waals surface area contributed by atoms with E-state index in [-0.39, 0.29) is 24.8 Å². The van der Waals surface area contributed by atoms with Gasteiger partial charge < -0.3 is 19.4 Å². The summed E-state index contributed by atoms with van der Waals surface area (Å²) in [4.78, 5) is 14.1. The second kappa shape index (κ2) is 8.45. The van der Waals surface area contributed by atoms with E-state index in [0.29, 0.717) is 32.0 Å².